The predicted molar refractivity (Wildman–Crippen MR) is 85.9 cm³/mol. The molecule has 1 atom stereocenters. The zero-order valence-corrected chi connectivity index (χ0v) is 13.4. The second-order valence-corrected chi connectivity index (χ2v) is 5.29. The fraction of sp³-hybridized carbons (Fsp3) is 0.333. The molecule has 0 saturated heterocycles. The molecule has 3 nitrogen and oxygen atoms in total. The molecule has 0 heterocycles. The van der Waals surface area contributed by atoms with Crippen molar-refractivity contribution in [3.8, 4) is 11.5 Å². The summed E-state index contributed by atoms with van der Waals surface area (Å²) in [5.41, 5.74) is 2.58. The number of aryl methyl sites for hydroxylation is 1. The first-order chi connectivity index (χ1) is 10.5. The summed E-state index contributed by atoms with van der Waals surface area (Å²) in [6.07, 6.45) is 0. The van der Waals surface area contributed by atoms with E-state index in [2.05, 4.69) is 5.32 Å². The third-order valence-electron chi connectivity index (χ3n) is 3.75. The highest BCUT2D eigenvalue weighted by molar-refractivity contribution is 5.42. The zero-order chi connectivity index (χ0) is 16.1. The Morgan fingerprint density at radius 2 is 1.86 bits per heavy atom. The number of hydrogen-bond acceptors (Lipinski definition) is 3. The van der Waals surface area contributed by atoms with Crippen LogP contribution in [0.5, 0.6) is 11.5 Å². The molecule has 0 aliphatic carbocycles. The van der Waals surface area contributed by atoms with Gasteiger partial charge >= 0.3 is 0 Å². The van der Waals surface area contributed by atoms with Gasteiger partial charge in [0.15, 0.2) is 0 Å². The number of methoxy groups -OCH3 is 2. The summed E-state index contributed by atoms with van der Waals surface area (Å²) < 4.78 is 24.2. The van der Waals surface area contributed by atoms with Crippen LogP contribution in [0.25, 0.3) is 0 Å². The molecule has 2 aromatic carbocycles. The van der Waals surface area contributed by atoms with E-state index < -0.39 is 0 Å². The Morgan fingerprint density at radius 1 is 1.09 bits per heavy atom. The lowest BCUT2D eigenvalue weighted by atomic mass is 10.1. The number of nitrogens with one attached hydrogen (secondary N) is 1. The molecule has 0 bridgehead atoms. The summed E-state index contributed by atoms with van der Waals surface area (Å²) >= 11 is 0. The fourth-order valence-corrected chi connectivity index (χ4v) is 2.31. The van der Waals surface area contributed by atoms with Crippen LogP contribution in [0, 0.1) is 12.7 Å². The minimum absolute atomic E-state index is 0.0504. The van der Waals surface area contributed by atoms with Crippen molar-refractivity contribution >= 4 is 0 Å². The summed E-state index contributed by atoms with van der Waals surface area (Å²) in [7, 11) is 3.28. The first-order valence-corrected chi connectivity index (χ1v) is 7.25. The van der Waals surface area contributed by atoms with Crippen molar-refractivity contribution < 1.29 is 13.9 Å². The van der Waals surface area contributed by atoms with Gasteiger partial charge in [-0.2, -0.15) is 0 Å². The summed E-state index contributed by atoms with van der Waals surface area (Å²) in [6, 6.07) is 11.0. The van der Waals surface area contributed by atoms with Gasteiger partial charge in [-0.25, -0.2) is 4.39 Å². The van der Waals surface area contributed by atoms with E-state index in [1.54, 1.807) is 33.3 Å². The third kappa shape index (κ3) is 3.77. The van der Waals surface area contributed by atoms with Crippen molar-refractivity contribution in [2.75, 3.05) is 14.2 Å². The van der Waals surface area contributed by atoms with Gasteiger partial charge in [-0.3, -0.25) is 0 Å². The molecule has 0 saturated carbocycles. The van der Waals surface area contributed by atoms with Crippen LogP contribution in [0.1, 0.15) is 29.7 Å². The van der Waals surface area contributed by atoms with Gasteiger partial charge in [0.25, 0.3) is 0 Å². The van der Waals surface area contributed by atoms with E-state index in [4.69, 9.17) is 9.47 Å². The summed E-state index contributed by atoms with van der Waals surface area (Å²) in [5.74, 6) is 1.41. The molecule has 0 aromatic heterocycles. The van der Waals surface area contributed by atoms with E-state index in [-0.39, 0.29) is 11.9 Å². The first kappa shape index (κ1) is 16.3. The second-order valence-electron chi connectivity index (χ2n) is 5.29. The third-order valence-corrected chi connectivity index (χ3v) is 3.75. The zero-order valence-electron chi connectivity index (χ0n) is 13.4. The topological polar surface area (TPSA) is 30.5 Å². The summed E-state index contributed by atoms with van der Waals surface area (Å²) in [6.45, 7) is 4.39. The Hall–Kier alpha value is -2.07. The molecule has 2 aromatic rings. The number of rotatable bonds is 6. The van der Waals surface area contributed by atoms with Crippen molar-refractivity contribution in [1.29, 1.82) is 0 Å². The lowest BCUT2D eigenvalue weighted by molar-refractivity contribution is 0.391. The van der Waals surface area contributed by atoms with Crippen molar-refractivity contribution in [2.24, 2.45) is 0 Å². The molecule has 4 heteroatoms. The minimum Gasteiger partial charge on any atom is -0.497 e. The van der Waals surface area contributed by atoms with Crippen LogP contribution in [0.15, 0.2) is 36.4 Å². The van der Waals surface area contributed by atoms with E-state index in [9.17, 15) is 4.39 Å². The number of ether oxygens (including phenoxy) is 2. The molecule has 0 radical (unpaired) electrons. The van der Waals surface area contributed by atoms with Gasteiger partial charge < -0.3 is 14.8 Å². The van der Waals surface area contributed by atoms with E-state index in [0.717, 1.165) is 22.6 Å². The first-order valence-electron chi connectivity index (χ1n) is 7.25. The van der Waals surface area contributed by atoms with E-state index in [0.29, 0.717) is 12.1 Å². The highest BCUT2D eigenvalue weighted by Gasteiger charge is 2.12. The normalized spacial score (nSPS) is 12.0. The maximum absolute atomic E-state index is 13.6. The molecule has 0 fully saturated rings. The van der Waals surface area contributed by atoms with E-state index in [1.165, 1.54) is 0 Å². The Labute approximate surface area is 131 Å². The van der Waals surface area contributed by atoms with Crippen molar-refractivity contribution in [2.45, 2.75) is 26.4 Å². The minimum atomic E-state index is -0.175. The van der Waals surface area contributed by atoms with Crippen LogP contribution < -0.4 is 14.8 Å². The molecule has 2 rings (SSSR count). The molecular formula is C18H22FNO2. The van der Waals surface area contributed by atoms with Gasteiger partial charge in [-0.15, -0.1) is 0 Å². The molecule has 118 valence electrons. The molecule has 1 unspecified atom stereocenters. The standard InChI is InChI=1S/C18H22FNO2/c1-12-5-6-14(9-17(12)19)11-20-13(2)16-10-15(21-3)7-8-18(16)22-4/h5-10,13,20H,11H2,1-4H3. The monoisotopic (exact) mass is 303 g/mol. The predicted octanol–water partition coefficient (Wildman–Crippen LogP) is 4.00. The molecule has 0 amide bonds. The highest BCUT2D eigenvalue weighted by Crippen LogP contribution is 2.29. The maximum Gasteiger partial charge on any atom is 0.126 e. The SMILES string of the molecule is COc1ccc(OC)c(C(C)NCc2ccc(C)c(F)c2)c1. The lowest BCUT2D eigenvalue weighted by Gasteiger charge is -2.18. The molecule has 0 spiro atoms. The van der Waals surface area contributed by atoms with Crippen LogP contribution in [-0.4, -0.2) is 14.2 Å². The highest BCUT2D eigenvalue weighted by atomic mass is 19.1. The largest absolute Gasteiger partial charge is 0.497 e. The Morgan fingerprint density at radius 3 is 2.50 bits per heavy atom. The van der Waals surface area contributed by atoms with Gasteiger partial charge in [-0.05, 0) is 49.2 Å². The summed E-state index contributed by atoms with van der Waals surface area (Å²) in [4.78, 5) is 0. The maximum atomic E-state index is 13.6. The lowest BCUT2D eigenvalue weighted by Crippen LogP contribution is -2.19. The van der Waals surface area contributed by atoms with Gasteiger partial charge in [0.2, 0.25) is 0 Å². The quantitative estimate of drug-likeness (QED) is 0.875. The Kier molecular flexibility index (Phi) is 5.39. The van der Waals surface area contributed by atoms with Crippen molar-refractivity contribution in [3.05, 3.63) is 58.9 Å². The van der Waals surface area contributed by atoms with Gasteiger partial charge in [0.1, 0.15) is 17.3 Å². The average molecular weight is 303 g/mol. The van der Waals surface area contributed by atoms with E-state index >= 15 is 0 Å². The molecule has 0 aliphatic rings. The van der Waals surface area contributed by atoms with Crippen molar-refractivity contribution in [1.82, 2.24) is 5.32 Å². The van der Waals surface area contributed by atoms with Crippen LogP contribution >= 0.6 is 0 Å². The molecule has 0 aliphatic heterocycles. The van der Waals surface area contributed by atoms with Crippen LogP contribution in [0.4, 0.5) is 4.39 Å². The molecule has 1 N–H and O–H groups in total. The second kappa shape index (κ2) is 7.27. The Balaban J connectivity index is 2.11. The van der Waals surface area contributed by atoms with Crippen molar-refractivity contribution in [3.63, 3.8) is 0 Å². The van der Waals surface area contributed by atoms with Gasteiger partial charge in [0, 0.05) is 18.2 Å². The average Bonchev–Trinajstić information content (AvgIpc) is 2.55. The summed E-state index contributed by atoms with van der Waals surface area (Å²) in [5, 5.41) is 3.39. The van der Waals surface area contributed by atoms with Crippen LogP contribution in [0.2, 0.25) is 0 Å². The number of benzene rings is 2. The number of halogens is 1. The van der Waals surface area contributed by atoms with Gasteiger partial charge in [-0.1, -0.05) is 12.1 Å². The molecule has 22 heavy (non-hydrogen) atoms. The fourth-order valence-electron chi connectivity index (χ4n) is 2.31. The molecular weight excluding hydrogens is 281 g/mol. The van der Waals surface area contributed by atoms with Crippen LogP contribution in [0.3, 0.4) is 0 Å². The Bertz CT molecular complexity index is 643. The van der Waals surface area contributed by atoms with Crippen LogP contribution in [-0.2, 0) is 6.54 Å². The van der Waals surface area contributed by atoms with E-state index in [1.807, 2.05) is 31.2 Å². The number of hydrogen-bond donors (Lipinski definition) is 1. The van der Waals surface area contributed by atoms with Gasteiger partial charge in [0.05, 0.1) is 14.2 Å². The smallest absolute Gasteiger partial charge is 0.126 e.